The van der Waals surface area contributed by atoms with Gasteiger partial charge < -0.3 is 20.3 Å². The van der Waals surface area contributed by atoms with E-state index in [9.17, 15) is 9.59 Å². The van der Waals surface area contributed by atoms with E-state index in [-0.39, 0.29) is 17.1 Å². The van der Waals surface area contributed by atoms with E-state index in [1.54, 1.807) is 4.57 Å². The van der Waals surface area contributed by atoms with Gasteiger partial charge in [0.1, 0.15) is 0 Å². The molecule has 0 unspecified atom stereocenters. The highest BCUT2D eigenvalue weighted by molar-refractivity contribution is 5.84. The SMILES string of the molecule is CC1(CNC(=O)NCCn2cnc(C(=O)O)c2)CCC1. The fourth-order valence-corrected chi connectivity index (χ4v) is 2.20. The summed E-state index contributed by atoms with van der Waals surface area (Å²) in [6.45, 7) is 3.80. The normalized spacial score (nSPS) is 16.2. The molecule has 1 aromatic rings. The molecule has 1 fully saturated rings. The Bertz CT molecular complexity index is 494. The smallest absolute Gasteiger partial charge is 0.356 e. The number of nitrogens with zero attached hydrogens (tertiary/aromatic N) is 2. The van der Waals surface area contributed by atoms with Crippen molar-refractivity contribution in [2.24, 2.45) is 5.41 Å². The maximum Gasteiger partial charge on any atom is 0.356 e. The average Bonchev–Trinajstić information content (AvgIpc) is 2.83. The zero-order valence-electron chi connectivity index (χ0n) is 11.6. The first-order valence-corrected chi connectivity index (χ1v) is 6.75. The van der Waals surface area contributed by atoms with E-state index in [0.29, 0.717) is 19.6 Å². The summed E-state index contributed by atoms with van der Waals surface area (Å²) in [7, 11) is 0. The maximum atomic E-state index is 11.6. The van der Waals surface area contributed by atoms with Gasteiger partial charge in [0.2, 0.25) is 0 Å². The summed E-state index contributed by atoms with van der Waals surface area (Å²) in [5.74, 6) is -1.05. The number of aromatic carboxylic acids is 1. The van der Waals surface area contributed by atoms with Crippen LogP contribution in [0.4, 0.5) is 4.79 Å². The lowest BCUT2D eigenvalue weighted by Crippen LogP contribution is -2.44. The molecular weight excluding hydrogens is 260 g/mol. The number of hydrogen-bond donors (Lipinski definition) is 3. The number of rotatable bonds is 6. The van der Waals surface area contributed by atoms with Crippen LogP contribution < -0.4 is 10.6 Å². The molecule has 0 bridgehead atoms. The van der Waals surface area contributed by atoms with Gasteiger partial charge in [0.05, 0.1) is 6.33 Å². The molecular formula is C13H20N4O3. The molecule has 1 aliphatic carbocycles. The van der Waals surface area contributed by atoms with Gasteiger partial charge in [-0.2, -0.15) is 0 Å². The quantitative estimate of drug-likeness (QED) is 0.726. The number of carboxylic acid groups (broad SMARTS) is 1. The Balaban J connectivity index is 1.64. The summed E-state index contributed by atoms with van der Waals surface area (Å²) in [6, 6.07) is -0.184. The fourth-order valence-electron chi connectivity index (χ4n) is 2.20. The van der Waals surface area contributed by atoms with E-state index in [1.807, 2.05) is 0 Å². The van der Waals surface area contributed by atoms with Gasteiger partial charge in [0, 0.05) is 25.8 Å². The predicted octanol–water partition coefficient (Wildman–Crippen LogP) is 1.07. The molecule has 2 amide bonds. The highest BCUT2D eigenvalue weighted by Gasteiger charge is 2.31. The number of imidazole rings is 1. The van der Waals surface area contributed by atoms with Gasteiger partial charge in [-0.1, -0.05) is 13.3 Å². The Morgan fingerprint density at radius 2 is 2.20 bits per heavy atom. The Labute approximate surface area is 117 Å². The first-order valence-electron chi connectivity index (χ1n) is 6.75. The molecule has 0 aromatic carbocycles. The Hall–Kier alpha value is -2.05. The molecule has 1 aliphatic rings. The molecule has 110 valence electrons. The molecule has 0 aliphatic heterocycles. The predicted molar refractivity (Wildman–Crippen MR) is 72.5 cm³/mol. The van der Waals surface area contributed by atoms with Gasteiger partial charge >= 0.3 is 12.0 Å². The Kier molecular flexibility index (Phi) is 4.26. The molecule has 7 nitrogen and oxygen atoms in total. The minimum atomic E-state index is -1.05. The monoisotopic (exact) mass is 280 g/mol. The van der Waals surface area contributed by atoms with E-state index in [2.05, 4.69) is 22.5 Å². The van der Waals surface area contributed by atoms with Gasteiger partial charge in [-0.15, -0.1) is 0 Å². The number of carbonyl (C=O) groups excluding carboxylic acids is 1. The molecule has 0 spiro atoms. The standard InChI is InChI=1S/C13H20N4O3/c1-13(3-2-4-13)8-15-12(20)14-5-6-17-7-10(11(18)19)16-9-17/h7,9H,2-6,8H2,1H3,(H,18,19)(H2,14,15,20). The molecule has 1 aromatic heterocycles. The minimum Gasteiger partial charge on any atom is -0.476 e. The third-order valence-electron chi connectivity index (χ3n) is 3.74. The van der Waals surface area contributed by atoms with Gasteiger partial charge in [-0.25, -0.2) is 14.6 Å². The lowest BCUT2D eigenvalue weighted by Gasteiger charge is -2.38. The second-order valence-electron chi connectivity index (χ2n) is 5.58. The zero-order valence-corrected chi connectivity index (χ0v) is 11.6. The van der Waals surface area contributed by atoms with Crippen LogP contribution in [-0.2, 0) is 6.54 Å². The van der Waals surface area contributed by atoms with E-state index < -0.39 is 5.97 Å². The molecule has 3 N–H and O–H groups in total. The van der Waals surface area contributed by atoms with Crippen molar-refractivity contribution >= 4 is 12.0 Å². The summed E-state index contributed by atoms with van der Waals surface area (Å²) in [5, 5.41) is 14.3. The second kappa shape index (κ2) is 5.94. The summed E-state index contributed by atoms with van der Waals surface area (Å²) >= 11 is 0. The number of nitrogens with one attached hydrogen (secondary N) is 2. The van der Waals surface area contributed by atoms with Crippen molar-refractivity contribution in [1.29, 1.82) is 0 Å². The third kappa shape index (κ3) is 3.72. The first kappa shape index (κ1) is 14.4. The summed E-state index contributed by atoms with van der Waals surface area (Å²) in [4.78, 5) is 26.0. The van der Waals surface area contributed by atoms with Gasteiger partial charge in [-0.3, -0.25) is 0 Å². The van der Waals surface area contributed by atoms with Crippen molar-refractivity contribution in [3.63, 3.8) is 0 Å². The molecule has 1 saturated carbocycles. The number of carbonyl (C=O) groups is 2. The van der Waals surface area contributed by atoms with Crippen molar-refractivity contribution in [2.45, 2.75) is 32.7 Å². The molecule has 0 saturated heterocycles. The van der Waals surface area contributed by atoms with Crippen LogP contribution >= 0.6 is 0 Å². The van der Waals surface area contributed by atoms with Crippen molar-refractivity contribution in [3.05, 3.63) is 18.2 Å². The van der Waals surface area contributed by atoms with Crippen LogP contribution in [-0.4, -0.2) is 39.7 Å². The zero-order chi connectivity index (χ0) is 14.6. The first-order chi connectivity index (χ1) is 9.48. The van der Waals surface area contributed by atoms with Crippen LogP contribution in [0.15, 0.2) is 12.5 Å². The van der Waals surface area contributed by atoms with Crippen molar-refractivity contribution in [1.82, 2.24) is 20.2 Å². The maximum absolute atomic E-state index is 11.6. The Morgan fingerprint density at radius 3 is 2.75 bits per heavy atom. The fraction of sp³-hybridized carbons (Fsp3) is 0.615. The van der Waals surface area contributed by atoms with Crippen LogP contribution in [0.2, 0.25) is 0 Å². The number of amides is 2. The second-order valence-corrected chi connectivity index (χ2v) is 5.58. The highest BCUT2D eigenvalue weighted by Crippen LogP contribution is 2.39. The lowest BCUT2D eigenvalue weighted by molar-refractivity contribution is 0.0691. The van der Waals surface area contributed by atoms with E-state index in [0.717, 1.165) is 0 Å². The van der Waals surface area contributed by atoms with Crippen molar-refractivity contribution in [3.8, 4) is 0 Å². The largest absolute Gasteiger partial charge is 0.476 e. The van der Waals surface area contributed by atoms with E-state index in [4.69, 9.17) is 5.11 Å². The molecule has 0 atom stereocenters. The topological polar surface area (TPSA) is 96.3 Å². The summed E-state index contributed by atoms with van der Waals surface area (Å²) in [5.41, 5.74) is 0.269. The van der Waals surface area contributed by atoms with Crippen LogP contribution in [0.5, 0.6) is 0 Å². The minimum absolute atomic E-state index is 0.00681. The van der Waals surface area contributed by atoms with Gasteiger partial charge in [-0.05, 0) is 18.3 Å². The number of aromatic nitrogens is 2. The van der Waals surface area contributed by atoms with Crippen molar-refractivity contribution < 1.29 is 14.7 Å². The average molecular weight is 280 g/mol. The van der Waals surface area contributed by atoms with E-state index >= 15 is 0 Å². The Morgan fingerprint density at radius 1 is 1.45 bits per heavy atom. The van der Waals surface area contributed by atoms with Crippen LogP contribution in [0, 0.1) is 5.41 Å². The molecule has 1 heterocycles. The van der Waals surface area contributed by atoms with Crippen LogP contribution in [0.3, 0.4) is 0 Å². The summed E-state index contributed by atoms with van der Waals surface area (Å²) in [6.07, 6.45) is 6.46. The highest BCUT2D eigenvalue weighted by atomic mass is 16.4. The molecule has 20 heavy (non-hydrogen) atoms. The van der Waals surface area contributed by atoms with Gasteiger partial charge in [0.15, 0.2) is 5.69 Å². The molecule has 2 rings (SSSR count). The van der Waals surface area contributed by atoms with Gasteiger partial charge in [0.25, 0.3) is 0 Å². The van der Waals surface area contributed by atoms with E-state index in [1.165, 1.54) is 31.8 Å². The van der Waals surface area contributed by atoms with Crippen LogP contribution in [0.25, 0.3) is 0 Å². The molecule has 0 radical (unpaired) electrons. The molecule has 7 heteroatoms. The lowest BCUT2D eigenvalue weighted by atomic mass is 9.70. The number of hydrogen-bond acceptors (Lipinski definition) is 3. The number of carboxylic acids is 1. The number of urea groups is 1. The van der Waals surface area contributed by atoms with Crippen LogP contribution in [0.1, 0.15) is 36.7 Å². The third-order valence-corrected chi connectivity index (χ3v) is 3.74. The summed E-state index contributed by atoms with van der Waals surface area (Å²) < 4.78 is 1.64. The van der Waals surface area contributed by atoms with Crippen molar-refractivity contribution in [2.75, 3.05) is 13.1 Å².